The molecule has 0 heterocycles. The summed E-state index contributed by atoms with van der Waals surface area (Å²) in [7, 11) is 0. The van der Waals surface area contributed by atoms with Crippen molar-refractivity contribution in [2.75, 3.05) is 19.8 Å². The molecule has 42 heavy (non-hydrogen) atoms. The number of hydrogen-bond donors (Lipinski definition) is 0. The molecule has 0 amide bonds. The van der Waals surface area contributed by atoms with Crippen LogP contribution in [0, 0.1) is 0 Å². The maximum absolute atomic E-state index is 6.40. The van der Waals surface area contributed by atoms with Gasteiger partial charge in [-0.3, -0.25) is 0 Å². The van der Waals surface area contributed by atoms with Gasteiger partial charge in [-0.25, -0.2) is 0 Å². The van der Waals surface area contributed by atoms with Crippen LogP contribution in [0.4, 0.5) is 0 Å². The first kappa shape index (κ1) is 26.4. The van der Waals surface area contributed by atoms with Gasteiger partial charge in [0.1, 0.15) is 5.75 Å². The molecule has 0 spiro atoms. The third kappa shape index (κ3) is 5.65. The zero-order valence-corrected chi connectivity index (χ0v) is 23.8. The van der Waals surface area contributed by atoms with Crippen molar-refractivity contribution in [3.05, 3.63) is 143 Å². The van der Waals surface area contributed by atoms with Gasteiger partial charge in [-0.2, -0.15) is 0 Å². The molecule has 0 saturated heterocycles. The van der Waals surface area contributed by atoms with Gasteiger partial charge < -0.3 is 14.2 Å². The van der Waals surface area contributed by atoms with Crippen molar-refractivity contribution in [3.8, 4) is 17.2 Å². The largest absolute Gasteiger partial charge is 0.493 e. The first-order chi connectivity index (χ1) is 20.8. The fourth-order valence-electron chi connectivity index (χ4n) is 6.43. The Labute approximate surface area is 248 Å². The van der Waals surface area contributed by atoms with Gasteiger partial charge in [0, 0.05) is 23.8 Å². The van der Waals surface area contributed by atoms with Crippen LogP contribution < -0.4 is 14.2 Å². The second-order valence-corrected chi connectivity index (χ2v) is 11.3. The molecule has 3 atom stereocenters. The molecule has 4 aromatic carbocycles. The lowest BCUT2D eigenvalue weighted by Gasteiger charge is -2.18. The Hall–Kier alpha value is -4.50. The molecule has 0 aromatic heterocycles. The number of benzene rings is 4. The first-order valence-electron chi connectivity index (χ1n) is 15.2. The predicted molar refractivity (Wildman–Crippen MR) is 171 cm³/mol. The van der Waals surface area contributed by atoms with E-state index in [4.69, 9.17) is 14.2 Å². The van der Waals surface area contributed by atoms with E-state index in [1.165, 1.54) is 33.4 Å². The molecule has 0 bridgehead atoms. The van der Waals surface area contributed by atoms with Gasteiger partial charge in [0.05, 0.1) is 19.8 Å². The van der Waals surface area contributed by atoms with E-state index in [2.05, 4.69) is 109 Å². The summed E-state index contributed by atoms with van der Waals surface area (Å²) in [6.07, 6.45) is 16.3. The SMILES string of the molecule is C1=CC(CCOc2ccc(OCCC3C=Cc4ccccc43)c(OCCC3C=Cc4ccccc43)c2)c2ccccc21. The third-order valence-corrected chi connectivity index (χ3v) is 8.70. The topological polar surface area (TPSA) is 27.7 Å². The van der Waals surface area contributed by atoms with E-state index in [0.717, 1.165) is 36.5 Å². The molecule has 0 radical (unpaired) electrons. The van der Waals surface area contributed by atoms with Gasteiger partial charge >= 0.3 is 0 Å². The number of hydrogen-bond acceptors (Lipinski definition) is 3. The van der Waals surface area contributed by atoms with Crippen LogP contribution in [0.25, 0.3) is 18.2 Å². The second-order valence-electron chi connectivity index (χ2n) is 11.3. The lowest BCUT2D eigenvalue weighted by molar-refractivity contribution is 0.254. The molecule has 3 nitrogen and oxygen atoms in total. The van der Waals surface area contributed by atoms with Crippen molar-refractivity contribution in [2.45, 2.75) is 37.0 Å². The highest BCUT2D eigenvalue weighted by molar-refractivity contribution is 5.63. The van der Waals surface area contributed by atoms with Crippen LogP contribution in [0.3, 0.4) is 0 Å². The van der Waals surface area contributed by atoms with Gasteiger partial charge in [-0.1, -0.05) is 109 Å². The summed E-state index contributed by atoms with van der Waals surface area (Å²) >= 11 is 0. The highest BCUT2D eigenvalue weighted by Crippen LogP contribution is 2.37. The standard InChI is InChI=1S/C39H36O3/c1-4-10-35-28(7-1)13-16-31(35)21-24-40-34-19-20-38(41-25-22-32-17-14-29-8-2-5-11-36(29)32)39(27-34)42-26-23-33-18-15-30-9-3-6-12-37(30)33/h1-20,27,31-33H,21-26H2. The molecule has 3 aliphatic carbocycles. The van der Waals surface area contributed by atoms with Crippen molar-refractivity contribution in [3.63, 3.8) is 0 Å². The molecule has 0 N–H and O–H groups in total. The monoisotopic (exact) mass is 552 g/mol. The Kier molecular flexibility index (Phi) is 7.65. The Bertz CT molecular complexity index is 1650. The molecule has 3 unspecified atom stereocenters. The average Bonchev–Trinajstić information content (AvgIpc) is 3.76. The van der Waals surface area contributed by atoms with Gasteiger partial charge in [0.25, 0.3) is 0 Å². The normalized spacial score (nSPS) is 19.0. The average molecular weight is 553 g/mol. The number of allylic oxidation sites excluding steroid dienone is 3. The number of rotatable bonds is 12. The summed E-state index contributed by atoms with van der Waals surface area (Å²) in [4.78, 5) is 0. The van der Waals surface area contributed by atoms with Crippen molar-refractivity contribution >= 4 is 18.2 Å². The fraction of sp³-hybridized carbons (Fsp3) is 0.231. The molecule has 3 heteroatoms. The zero-order chi connectivity index (χ0) is 28.1. The molecule has 7 rings (SSSR count). The van der Waals surface area contributed by atoms with E-state index in [-0.39, 0.29) is 0 Å². The summed E-state index contributed by atoms with van der Waals surface area (Å²) in [6.45, 7) is 1.86. The van der Waals surface area contributed by atoms with Gasteiger partial charge in [-0.05, 0) is 64.8 Å². The lowest BCUT2D eigenvalue weighted by atomic mass is 9.98. The van der Waals surface area contributed by atoms with Crippen LogP contribution in [-0.4, -0.2) is 19.8 Å². The fourth-order valence-corrected chi connectivity index (χ4v) is 6.43. The Morgan fingerprint density at radius 3 is 1.36 bits per heavy atom. The summed E-state index contributed by atoms with van der Waals surface area (Å²) in [5.74, 6) is 3.49. The maximum atomic E-state index is 6.40. The molecule has 4 aromatic rings. The van der Waals surface area contributed by atoms with Gasteiger partial charge in [0.15, 0.2) is 11.5 Å². The summed E-state index contributed by atoms with van der Waals surface area (Å²) in [5.41, 5.74) is 8.08. The Balaban J connectivity index is 0.994. The maximum Gasteiger partial charge on any atom is 0.164 e. The van der Waals surface area contributed by atoms with Crippen molar-refractivity contribution in [1.29, 1.82) is 0 Å². The molecule has 3 aliphatic rings. The van der Waals surface area contributed by atoms with E-state index < -0.39 is 0 Å². The quantitative estimate of drug-likeness (QED) is 0.175. The summed E-state index contributed by atoms with van der Waals surface area (Å²) in [6, 6.07) is 31.8. The van der Waals surface area contributed by atoms with E-state index in [1.54, 1.807) is 0 Å². The van der Waals surface area contributed by atoms with E-state index >= 15 is 0 Å². The highest BCUT2D eigenvalue weighted by Gasteiger charge is 2.20. The summed E-state index contributed by atoms with van der Waals surface area (Å²) in [5, 5.41) is 0. The highest BCUT2D eigenvalue weighted by atomic mass is 16.5. The number of ether oxygens (including phenoxy) is 3. The van der Waals surface area contributed by atoms with Crippen LogP contribution in [0.1, 0.15) is 70.4 Å². The number of fused-ring (bicyclic) bond motifs is 3. The van der Waals surface area contributed by atoms with E-state index in [9.17, 15) is 0 Å². The molecule has 0 aliphatic heterocycles. The molecule has 210 valence electrons. The van der Waals surface area contributed by atoms with Crippen LogP contribution in [-0.2, 0) is 0 Å². The van der Waals surface area contributed by atoms with Crippen LogP contribution in [0.2, 0.25) is 0 Å². The van der Waals surface area contributed by atoms with Crippen molar-refractivity contribution in [1.82, 2.24) is 0 Å². The lowest BCUT2D eigenvalue weighted by Crippen LogP contribution is -2.08. The van der Waals surface area contributed by atoms with Gasteiger partial charge in [0.2, 0.25) is 0 Å². The minimum Gasteiger partial charge on any atom is -0.493 e. The van der Waals surface area contributed by atoms with Crippen LogP contribution in [0.5, 0.6) is 17.2 Å². The van der Waals surface area contributed by atoms with E-state index in [1.807, 2.05) is 18.2 Å². The Morgan fingerprint density at radius 1 is 0.429 bits per heavy atom. The van der Waals surface area contributed by atoms with Crippen LogP contribution >= 0.6 is 0 Å². The van der Waals surface area contributed by atoms with Crippen LogP contribution in [0.15, 0.2) is 109 Å². The predicted octanol–water partition coefficient (Wildman–Crippen LogP) is 9.43. The molecular weight excluding hydrogens is 516 g/mol. The van der Waals surface area contributed by atoms with E-state index in [0.29, 0.717) is 37.6 Å². The second kappa shape index (κ2) is 12.2. The smallest absolute Gasteiger partial charge is 0.164 e. The van der Waals surface area contributed by atoms with Crippen molar-refractivity contribution < 1.29 is 14.2 Å². The molecular formula is C39H36O3. The zero-order valence-electron chi connectivity index (χ0n) is 23.8. The minimum atomic E-state index is 0.376. The first-order valence-corrected chi connectivity index (χ1v) is 15.2. The minimum absolute atomic E-state index is 0.376. The molecule has 0 fully saturated rings. The van der Waals surface area contributed by atoms with Gasteiger partial charge in [-0.15, -0.1) is 0 Å². The summed E-state index contributed by atoms with van der Waals surface area (Å²) < 4.78 is 19.0. The molecule has 0 saturated carbocycles. The van der Waals surface area contributed by atoms with Crippen molar-refractivity contribution in [2.24, 2.45) is 0 Å². The Morgan fingerprint density at radius 2 is 0.857 bits per heavy atom. The third-order valence-electron chi connectivity index (χ3n) is 8.70.